The summed E-state index contributed by atoms with van der Waals surface area (Å²) < 4.78 is 17.5. The number of carbonyl (C=O) groups is 3. The lowest BCUT2D eigenvalue weighted by Gasteiger charge is -2.41. The number of benzene rings is 1. The Kier molecular flexibility index (Phi) is 9.00. The molecule has 3 heterocycles. The third-order valence-corrected chi connectivity index (χ3v) is 8.57. The van der Waals surface area contributed by atoms with Crippen LogP contribution in [0.4, 0.5) is 4.79 Å². The normalized spacial score (nSPS) is 17.7. The first-order chi connectivity index (χ1) is 20.9. The van der Waals surface area contributed by atoms with Gasteiger partial charge in [0.2, 0.25) is 11.8 Å². The van der Waals surface area contributed by atoms with Crippen LogP contribution >= 0.6 is 0 Å². The van der Waals surface area contributed by atoms with Gasteiger partial charge in [0.05, 0.1) is 24.4 Å². The van der Waals surface area contributed by atoms with Crippen molar-refractivity contribution in [2.75, 3.05) is 20.2 Å². The number of aryl methyl sites for hydroxylation is 1. The maximum absolute atomic E-state index is 13.5. The highest BCUT2D eigenvalue weighted by Crippen LogP contribution is 2.59. The van der Waals surface area contributed by atoms with Crippen LogP contribution in [-0.2, 0) is 14.3 Å². The highest BCUT2D eigenvalue weighted by Gasteiger charge is 2.66. The Morgan fingerprint density at radius 1 is 1.16 bits per heavy atom. The van der Waals surface area contributed by atoms with Crippen LogP contribution in [0.5, 0.6) is 5.75 Å². The molecule has 3 aromatic rings. The van der Waals surface area contributed by atoms with E-state index in [0.717, 1.165) is 47.8 Å². The lowest BCUT2D eigenvalue weighted by atomic mass is 9.93. The van der Waals surface area contributed by atoms with Gasteiger partial charge in [-0.2, -0.15) is 0 Å². The summed E-state index contributed by atoms with van der Waals surface area (Å²) >= 11 is 0. The molecule has 10 heteroatoms. The number of ether oxygens (including phenoxy) is 2. The van der Waals surface area contributed by atoms with Crippen molar-refractivity contribution in [1.82, 2.24) is 20.2 Å². The lowest BCUT2D eigenvalue weighted by molar-refractivity contribution is -0.125. The predicted octanol–water partition coefficient (Wildman–Crippen LogP) is 6.55. The molecule has 44 heavy (non-hydrogen) atoms. The van der Waals surface area contributed by atoms with Gasteiger partial charge in [0.25, 0.3) is 0 Å². The first-order valence-corrected chi connectivity index (χ1v) is 15.6. The third kappa shape index (κ3) is 7.05. The summed E-state index contributed by atoms with van der Waals surface area (Å²) in [5, 5.41) is 4.16. The second-order valence-corrected chi connectivity index (χ2v) is 13.3. The Hall–Kier alpha value is -3.95. The van der Waals surface area contributed by atoms with Crippen molar-refractivity contribution < 1.29 is 28.3 Å². The number of oxazole rings is 1. The minimum atomic E-state index is -0.557. The van der Waals surface area contributed by atoms with E-state index in [1.807, 2.05) is 58.9 Å². The largest absolute Gasteiger partial charge is 0.496 e. The summed E-state index contributed by atoms with van der Waals surface area (Å²) in [6.07, 6.45) is 6.33. The summed E-state index contributed by atoms with van der Waals surface area (Å²) in [5.41, 5.74) is 1.77. The van der Waals surface area contributed by atoms with E-state index in [2.05, 4.69) is 15.3 Å². The minimum absolute atomic E-state index is 0.0514. The molecule has 1 saturated heterocycles. The molecule has 236 valence electrons. The average Bonchev–Trinajstić information content (AvgIpc) is 3.53. The van der Waals surface area contributed by atoms with E-state index in [0.29, 0.717) is 49.8 Å². The molecule has 1 saturated carbocycles. The van der Waals surface area contributed by atoms with Gasteiger partial charge in [-0.15, -0.1) is 0 Å². The molecular weight excluding hydrogens is 560 g/mol. The van der Waals surface area contributed by atoms with Crippen LogP contribution < -0.4 is 10.1 Å². The van der Waals surface area contributed by atoms with Crippen LogP contribution in [0.2, 0.25) is 0 Å². The van der Waals surface area contributed by atoms with Crippen LogP contribution in [0.15, 0.2) is 34.9 Å². The third-order valence-electron chi connectivity index (χ3n) is 8.57. The summed E-state index contributed by atoms with van der Waals surface area (Å²) in [4.78, 5) is 48.5. The van der Waals surface area contributed by atoms with Gasteiger partial charge in [0.1, 0.15) is 23.2 Å². The van der Waals surface area contributed by atoms with Crippen molar-refractivity contribution in [3.63, 3.8) is 0 Å². The number of fused-ring (bicyclic) bond motifs is 1. The number of hydrogen-bond donors (Lipinski definition) is 1. The van der Waals surface area contributed by atoms with Crippen molar-refractivity contribution in [1.29, 1.82) is 0 Å². The molecular formula is C34H44N4O6. The first kappa shape index (κ1) is 31.5. The van der Waals surface area contributed by atoms with E-state index in [1.165, 1.54) is 0 Å². The zero-order valence-electron chi connectivity index (χ0n) is 26.7. The fraction of sp³-hybridized carbons (Fsp3) is 0.559. The number of Topliss-reactive ketones (excluding diaryl/α,β-unsaturated/α-hetero) is 1. The summed E-state index contributed by atoms with van der Waals surface area (Å²) in [7, 11) is 1.61. The molecule has 1 unspecified atom stereocenters. The lowest BCUT2D eigenvalue weighted by Crippen LogP contribution is -2.54. The standard InChI is InChI=1S/C34H44N4O6/c1-7-23(39)11-9-8-10-12-26(37-30(40)25-17-34(25)19-38(20-34)32(41)44-33(3,4)5)31-35-18-29(43-31)24-15-22-14-13-21(2)36-27(22)16-28(24)42-6/h13-16,18,25-26H,7-12,17,19-20H2,1-6H3,(H,37,40)/t25?,26-/m0/s1. The zero-order chi connectivity index (χ0) is 31.6. The number of methoxy groups -OCH3 is 1. The number of carbonyl (C=O) groups excluding carboxylic acids is 3. The molecule has 1 aliphatic heterocycles. The predicted molar refractivity (Wildman–Crippen MR) is 166 cm³/mol. The molecule has 0 radical (unpaired) electrons. The van der Waals surface area contributed by atoms with Gasteiger partial charge in [-0.25, -0.2) is 9.78 Å². The molecule has 1 spiro atoms. The van der Waals surface area contributed by atoms with Crippen LogP contribution in [0.25, 0.3) is 22.2 Å². The SMILES string of the molecule is CCC(=O)CCCCC[C@H](NC(=O)C1CC12CN(C(=O)OC(C)(C)C)C2)c1ncc(-c2cc3ccc(C)nc3cc2OC)o1. The Bertz CT molecular complexity index is 1530. The average molecular weight is 605 g/mol. The molecule has 2 atom stereocenters. The number of nitrogens with zero attached hydrogens (tertiary/aromatic N) is 3. The van der Waals surface area contributed by atoms with Crippen LogP contribution in [0, 0.1) is 18.3 Å². The maximum Gasteiger partial charge on any atom is 0.410 e. The van der Waals surface area contributed by atoms with Crippen molar-refractivity contribution in [3.8, 4) is 17.1 Å². The van der Waals surface area contributed by atoms with Crippen LogP contribution in [0.3, 0.4) is 0 Å². The van der Waals surface area contributed by atoms with Crippen molar-refractivity contribution in [2.24, 2.45) is 11.3 Å². The number of likely N-dealkylation sites (tertiary alicyclic amines) is 1. The van der Waals surface area contributed by atoms with Crippen molar-refractivity contribution >= 4 is 28.7 Å². The molecule has 1 aromatic carbocycles. The number of pyridine rings is 1. The molecule has 0 bridgehead atoms. The highest BCUT2D eigenvalue weighted by molar-refractivity contribution is 5.87. The van der Waals surface area contributed by atoms with E-state index in [4.69, 9.17) is 13.9 Å². The monoisotopic (exact) mass is 604 g/mol. The first-order valence-electron chi connectivity index (χ1n) is 15.6. The quantitative estimate of drug-likeness (QED) is 0.231. The number of nitrogens with one attached hydrogen (secondary N) is 1. The fourth-order valence-corrected chi connectivity index (χ4v) is 5.98. The van der Waals surface area contributed by atoms with E-state index in [9.17, 15) is 14.4 Å². The van der Waals surface area contributed by atoms with E-state index in [1.54, 1.807) is 18.2 Å². The van der Waals surface area contributed by atoms with E-state index in [-0.39, 0.29) is 29.1 Å². The molecule has 2 aliphatic rings. The summed E-state index contributed by atoms with van der Waals surface area (Å²) in [6, 6.07) is 7.42. The summed E-state index contributed by atoms with van der Waals surface area (Å²) in [6.45, 7) is 10.4. The Morgan fingerprint density at radius 2 is 1.93 bits per heavy atom. The van der Waals surface area contributed by atoms with Crippen molar-refractivity contribution in [2.45, 2.75) is 91.2 Å². The van der Waals surface area contributed by atoms with E-state index >= 15 is 0 Å². The maximum atomic E-state index is 13.5. The molecule has 1 N–H and O–H groups in total. The Morgan fingerprint density at radius 3 is 2.64 bits per heavy atom. The summed E-state index contributed by atoms with van der Waals surface area (Å²) in [5.74, 6) is 1.64. The van der Waals surface area contributed by atoms with Gasteiger partial charge in [-0.05, 0) is 59.1 Å². The molecule has 1 aliphatic carbocycles. The second-order valence-electron chi connectivity index (χ2n) is 13.3. The minimum Gasteiger partial charge on any atom is -0.496 e. The number of ketones is 1. The van der Waals surface area contributed by atoms with Crippen LogP contribution in [0.1, 0.15) is 90.3 Å². The van der Waals surface area contributed by atoms with E-state index < -0.39 is 11.6 Å². The van der Waals surface area contributed by atoms with Gasteiger partial charge in [0, 0.05) is 54.4 Å². The topological polar surface area (TPSA) is 124 Å². The van der Waals surface area contributed by atoms with Crippen LogP contribution in [-0.4, -0.2) is 58.5 Å². The van der Waals surface area contributed by atoms with Gasteiger partial charge in [0.15, 0.2) is 5.76 Å². The van der Waals surface area contributed by atoms with Gasteiger partial charge in [-0.1, -0.05) is 25.8 Å². The molecule has 2 aromatic heterocycles. The Balaban J connectivity index is 1.29. The van der Waals surface area contributed by atoms with Gasteiger partial charge < -0.3 is 24.1 Å². The number of amides is 2. The van der Waals surface area contributed by atoms with Crippen molar-refractivity contribution in [3.05, 3.63) is 42.0 Å². The second kappa shape index (κ2) is 12.6. The Labute approximate surface area is 258 Å². The smallest absolute Gasteiger partial charge is 0.410 e. The fourth-order valence-electron chi connectivity index (χ4n) is 5.98. The number of aromatic nitrogens is 2. The molecule has 5 rings (SSSR count). The highest BCUT2D eigenvalue weighted by atomic mass is 16.6. The van der Waals surface area contributed by atoms with Gasteiger partial charge in [-0.3, -0.25) is 14.6 Å². The zero-order valence-corrected chi connectivity index (χ0v) is 26.7. The number of rotatable bonds is 12. The molecule has 10 nitrogen and oxygen atoms in total. The number of unbranched alkanes of at least 4 members (excludes halogenated alkanes) is 2. The number of hydrogen-bond acceptors (Lipinski definition) is 8. The molecule has 2 amide bonds. The molecule has 2 fully saturated rings. The van der Waals surface area contributed by atoms with Gasteiger partial charge >= 0.3 is 6.09 Å².